The average molecular weight is 378 g/mol. The summed E-state index contributed by atoms with van der Waals surface area (Å²) >= 11 is 0. The van der Waals surface area contributed by atoms with Crippen molar-refractivity contribution in [3.63, 3.8) is 0 Å². The largest absolute Gasteiger partial charge is 0.383 e. The molecule has 0 bridgehead atoms. The maximum absolute atomic E-state index is 13.3. The third kappa shape index (κ3) is 4.36. The minimum absolute atomic E-state index is 0.0817. The summed E-state index contributed by atoms with van der Waals surface area (Å²) in [5.41, 5.74) is 3.62. The van der Waals surface area contributed by atoms with Crippen molar-refractivity contribution in [3.8, 4) is 0 Å². The number of nitrogens with zero attached hydrogens (tertiary/aromatic N) is 3. The summed E-state index contributed by atoms with van der Waals surface area (Å²) in [6.07, 6.45) is 3.26. The van der Waals surface area contributed by atoms with Crippen molar-refractivity contribution in [1.29, 1.82) is 0 Å². The van der Waals surface area contributed by atoms with Gasteiger partial charge in [0.1, 0.15) is 0 Å². The Morgan fingerprint density at radius 1 is 1.37 bits per heavy atom. The molecule has 2 fully saturated rings. The molecule has 0 radical (unpaired) electrons. The number of carbonyl (C=O) groups excluding carboxylic acids is 1. The van der Waals surface area contributed by atoms with Crippen molar-refractivity contribution in [3.05, 3.63) is 17.0 Å². The average Bonchev–Trinajstić information content (AvgIpc) is 3.20. The second-order valence-electron chi connectivity index (χ2n) is 8.11. The SMILES string of the molecule is CCn1nc(C)c(CN(CCOC)C(=O)[C@H]2CC3(CCNCC3)CN2)c1C. The Morgan fingerprint density at radius 2 is 2.11 bits per heavy atom. The van der Waals surface area contributed by atoms with Crippen molar-refractivity contribution >= 4 is 5.91 Å². The van der Waals surface area contributed by atoms with E-state index in [-0.39, 0.29) is 17.4 Å². The van der Waals surface area contributed by atoms with Gasteiger partial charge < -0.3 is 20.3 Å². The van der Waals surface area contributed by atoms with Gasteiger partial charge in [0, 0.05) is 44.5 Å². The predicted octanol–water partition coefficient (Wildman–Crippen LogP) is 1.23. The highest BCUT2D eigenvalue weighted by Crippen LogP contribution is 2.38. The molecule has 3 rings (SSSR count). The molecule has 2 saturated heterocycles. The number of hydrogen-bond donors (Lipinski definition) is 2. The van der Waals surface area contributed by atoms with Crippen molar-refractivity contribution in [1.82, 2.24) is 25.3 Å². The van der Waals surface area contributed by atoms with E-state index in [0.29, 0.717) is 19.7 Å². The minimum atomic E-state index is -0.0817. The van der Waals surface area contributed by atoms with E-state index in [0.717, 1.165) is 62.4 Å². The number of hydrogen-bond acceptors (Lipinski definition) is 5. The summed E-state index contributed by atoms with van der Waals surface area (Å²) in [4.78, 5) is 15.3. The normalized spacial score (nSPS) is 21.7. The molecule has 2 aliphatic rings. The number of aryl methyl sites for hydroxylation is 2. The van der Waals surface area contributed by atoms with E-state index in [1.807, 2.05) is 16.5 Å². The number of nitrogens with one attached hydrogen (secondary N) is 2. The summed E-state index contributed by atoms with van der Waals surface area (Å²) < 4.78 is 7.29. The van der Waals surface area contributed by atoms with E-state index in [9.17, 15) is 4.79 Å². The molecule has 0 unspecified atom stereocenters. The van der Waals surface area contributed by atoms with E-state index in [2.05, 4.69) is 29.6 Å². The van der Waals surface area contributed by atoms with Gasteiger partial charge in [-0.3, -0.25) is 9.48 Å². The number of amides is 1. The lowest BCUT2D eigenvalue weighted by Crippen LogP contribution is -2.44. The molecular weight excluding hydrogens is 342 g/mol. The van der Waals surface area contributed by atoms with Crippen LogP contribution < -0.4 is 10.6 Å². The number of aromatic nitrogens is 2. The van der Waals surface area contributed by atoms with Gasteiger partial charge in [-0.15, -0.1) is 0 Å². The van der Waals surface area contributed by atoms with Gasteiger partial charge in [-0.05, 0) is 58.5 Å². The quantitative estimate of drug-likeness (QED) is 0.748. The zero-order valence-corrected chi connectivity index (χ0v) is 17.3. The molecule has 7 heteroatoms. The molecule has 0 aromatic carbocycles. The van der Waals surface area contributed by atoms with Crippen molar-refractivity contribution < 1.29 is 9.53 Å². The Bertz CT molecular complexity index is 651. The van der Waals surface area contributed by atoms with Gasteiger partial charge in [0.05, 0.1) is 18.3 Å². The molecule has 1 spiro atoms. The molecular formula is C20H35N5O2. The van der Waals surface area contributed by atoms with Crippen LogP contribution in [0.5, 0.6) is 0 Å². The standard InChI is InChI=1S/C20H35N5O2/c1-5-25-16(3)17(15(2)23-25)13-24(10-11-27-4)19(26)18-12-20(14-22-18)6-8-21-9-7-20/h18,21-22H,5-14H2,1-4H3/t18-/m1/s1. The van der Waals surface area contributed by atoms with Crippen molar-refractivity contribution in [2.45, 2.75) is 59.2 Å². The summed E-state index contributed by atoms with van der Waals surface area (Å²) in [7, 11) is 1.69. The molecule has 2 N–H and O–H groups in total. The summed E-state index contributed by atoms with van der Waals surface area (Å²) in [6.45, 7) is 11.9. The first kappa shape index (κ1) is 20.3. The number of carbonyl (C=O) groups is 1. The fraction of sp³-hybridized carbons (Fsp3) is 0.800. The zero-order chi connectivity index (χ0) is 19.4. The Balaban J connectivity index is 1.72. The molecule has 7 nitrogen and oxygen atoms in total. The van der Waals surface area contributed by atoms with Crippen molar-refractivity contribution in [2.24, 2.45) is 5.41 Å². The fourth-order valence-electron chi connectivity index (χ4n) is 4.58. The topological polar surface area (TPSA) is 71.4 Å². The third-order valence-electron chi connectivity index (χ3n) is 6.38. The first-order chi connectivity index (χ1) is 13.0. The second kappa shape index (κ2) is 8.71. The van der Waals surface area contributed by atoms with Crippen LogP contribution in [-0.2, 0) is 22.6 Å². The Hall–Kier alpha value is -1.44. The number of ether oxygens (including phenoxy) is 1. The molecule has 1 aromatic rings. The summed E-state index contributed by atoms with van der Waals surface area (Å²) in [5.74, 6) is 0.200. The molecule has 0 aliphatic carbocycles. The number of methoxy groups -OCH3 is 1. The van der Waals surface area contributed by atoms with Gasteiger partial charge in [-0.1, -0.05) is 0 Å². The third-order valence-corrected chi connectivity index (χ3v) is 6.38. The molecule has 2 aliphatic heterocycles. The van der Waals surface area contributed by atoms with Crippen LogP contribution in [0.2, 0.25) is 0 Å². The lowest BCUT2D eigenvalue weighted by atomic mass is 9.77. The van der Waals surface area contributed by atoms with Gasteiger partial charge >= 0.3 is 0 Å². The van der Waals surface area contributed by atoms with Gasteiger partial charge in [0.15, 0.2) is 0 Å². The lowest BCUT2D eigenvalue weighted by molar-refractivity contribution is -0.134. The van der Waals surface area contributed by atoms with E-state index < -0.39 is 0 Å². The smallest absolute Gasteiger partial charge is 0.240 e. The van der Waals surface area contributed by atoms with Crippen LogP contribution in [-0.4, -0.2) is 66.5 Å². The predicted molar refractivity (Wildman–Crippen MR) is 106 cm³/mol. The van der Waals surface area contributed by atoms with Crippen molar-refractivity contribution in [2.75, 3.05) is 39.9 Å². The molecule has 1 aromatic heterocycles. The molecule has 0 saturated carbocycles. The Kier molecular flexibility index (Phi) is 6.55. The zero-order valence-electron chi connectivity index (χ0n) is 17.3. The highest BCUT2D eigenvalue weighted by molar-refractivity contribution is 5.82. The summed E-state index contributed by atoms with van der Waals surface area (Å²) in [5, 5.41) is 11.6. The van der Waals surface area contributed by atoms with E-state index in [4.69, 9.17) is 4.74 Å². The molecule has 1 amide bonds. The van der Waals surface area contributed by atoms with Crippen LogP contribution in [0.3, 0.4) is 0 Å². The van der Waals surface area contributed by atoms with Gasteiger partial charge in [-0.25, -0.2) is 0 Å². The molecule has 27 heavy (non-hydrogen) atoms. The highest BCUT2D eigenvalue weighted by Gasteiger charge is 2.43. The minimum Gasteiger partial charge on any atom is -0.383 e. The van der Waals surface area contributed by atoms with Crippen LogP contribution in [0.15, 0.2) is 0 Å². The lowest BCUT2D eigenvalue weighted by Gasteiger charge is -2.33. The number of piperidine rings is 1. The van der Waals surface area contributed by atoms with Gasteiger partial charge in [0.25, 0.3) is 0 Å². The maximum Gasteiger partial charge on any atom is 0.240 e. The molecule has 1 atom stereocenters. The monoisotopic (exact) mass is 377 g/mol. The van der Waals surface area contributed by atoms with E-state index in [1.165, 1.54) is 0 Å². The van der Waals surface area contributed by atoms with Gasteiger partial charge in [-0.2, -0.15) is 5.10 Å². The molecule has 152 valence electrons. The maximum atomic E-state index is 13.3. The fourth-order valence-corrected chi connectivity index (χ4v) is 4.58. The van der Waals surface area contributed by atoms with Crippen LogP contribution in [0.25, 0.3) is 0 Å². The van der Waals surface area contributed by atoms with Gasteiger partial charge in [0.2, 0.25) is 5.91 Å². The first-order valence-electron chi connectivity index (χ1n) is 10.2. The highest BCUT2D eigenvalue weighted by atomic mass is 16.5. The Labute approximate surface area is 162 Å². The van der Waals surface area contributed by atoms with Crippen LogP contribution in [0.4, 0.5) is 0 Å². The van der Waals surface area contributed by atoms with Crippen LogP contribution >= 0.6 is 0 Å². The first-order valence-corrected chi connectivity index (χ1v) is 10.2. The number of rotatable bonds is 7. The van der Waals surface area contributed by atoms with Crippen LogP contribution in [0.1, 0.15) is 43.1 Å². The van der Waals surface area contributed by atoms with E-state index in [1.54, 1.807) is 7.11 Å². The summed E-state index contributed by atoms with van der Waals surface area (Å²) in [6, 6.07) is -0.0817. The Morgan fingerprint density at radius 3 is 2.74 bits per heavy atom. The second-order valence-corrected chi connectivity index (χ2v) is 8.11. The van der Waals surface area contributed by atoms with Crippen LogP contribution in [0, 0.1) is 19.3 Å². The van der Waals surface area contributed by atoms with E-state index >= 15 is 0 Å². The molecule has 3 heterocycles.